The Bertz CT molecular complexity index is 504. The lowest BCUT2D eigenvalue weighted by atomic mass is 10.3. The Kier molecular flexibility index (Phi) is 8.98. The maximum Gasteiger partial charge on any atom is 0.222 e. The lowest BCUT2D eigenvalue weighted by molar-refractivity contribution is -0.126. The monoisotopic (exact) mass is 315 g/mol. The largest absolute Gasteiger partial charge is 0.497 e. The molecule has 0 aromatic heterocycles. The third-order valence-electron chi connectivity index (χ3n) is 3.27. The topological polar surface area (TPSA) is 38.8 Å². The van der Waals surface area contributed by atoms with Crippen LogP contribution in [0.1, 0.15) is 12.8 Å². The first-order valence-electron chi connectivity index (χ1n) is 7.59. The molecular formula is C19H25NO3. The van der Waals surface area contributed by atoms with Crippen molar-refractivity contribution in [2.24, 2.45) is 0 Å². The Hall–Kier alpha value is -2.49. The van der Waals surface area contributed by atoms with Gasteiger partial charge in [0, 0.05) is 20.0 Å². The lowest BCUT2D eigenvalue weighted by Crippen LogP contribution is -2.17. The van der Waals surface area contributed by atoms with Gasteiger partial charge in [0.05, 0.1) is 14.2 Å². The van der Waals surface area contributed by atoms with Crippen molar-refractivity contribution in [1.82, 2.24) is 4.90 Å². The van der Waals surface area contributed by atoms with Crippen molar-refractivity contribution < 1.29 is 14.3 Å². The molecule has 0 bridgehead atoms. The number of carbonyl (C=O) groups is 1. The average molecular weight is 315 g/mol. The van der Waals surface area contributed by atoms with Crippen LogP contribution in [0.2, 0.25) is 0 Å². The van der Waals surface area contributed by atoms with Gasteiger partial charge in [0.25, 0.3) is 0 Å². The molecule has 1 amide bonds. The fourth-order valence-corrected chi connectivity index (χ4v) is 1.90. The summed E-state index contributed by atoms with van der Waals surface area (Å²) in [7, 11) is 5.17. The molecule has 23 heavy (non-hydrogen) atoms. The minimum Gasteiger partial charge on any atom is -0.497 e. The predicted octanol–water partition coefficient (Wildman–Crippen LogP) is 3.63. The summed E-state index contributed by atoms with van der Waals surface area (Å²) in [6.07, 6.45) is 1.81. The molecular weight excluding hydrogens is 290 g/mol. The van der Waals surface area contributed by atoms with E-state index in [4.69, 9.17) is 9.47 Å². The van der Waals surface area contributed by atoms with E-state index >= 15 is 0 Å². The van der Waals surface area contributed by atoms with Gasteiger partial charge in [0.15, 0.2) is 0 Å². The lowest BCUT2D eigenvalue weighted by Gasteiger charge is -2.03. The SMILES string of the molecule is CN1CCCC1=O.COc1ccccc1.COc1ccccc1. The maximum absolute atomic E-state index is 10.5. The quantitative estimate of drug-likeness (QED) is 0.849. The summed E-state index contributed by atoms with van der Waals surface area (Å²) in [5.41, 5.74) is 0. The zero-order valence-corrected chi connectivity index (χ0v) is 14.1. The van der Waals surface area contributed by atoms with E-state index in [1.54, 1.807) is 19.1 Å². The fraction of sp³-hybridized carbons (Fsp3) is 0.316. The first kappa shape index (κ1) is 18.6. The molecule has 0 radical (unpaired) electrons. The number of likely N-dealkylation sites (tertiary alicyclic amines) is 1. The second-order valence-corrected chi connectivity index (χ2v) is 4.95. The van der Waals surface area contributed by atoms with E-state index in [0.717, 1.165) is 30.9 Å². The van der Waals surface area contributed by atoms with Gasteiger partial charge in [-0.15, -0.1) is 0 Å². The first-order valence-corrected chi connectivity index (χ1v) is 7.59. The number of amides is 1. The molecule has 0 aliphatic carbocycles. The minimum absolute atomic E-state index is 0.292. The third kappa shape index (κ3) is 7.90. The average Bonchev–Trinajstić information content (AvgIpc) is 3.00. The first-order chi connectivity index (χ1) is 11.2. The third-order valence-corrected chi connectivity index (χ3v) is 3.27. The molecule has 1 heterocycles. The summed E-state index contributed by atoms with van der Waals surface area (Å²) in [6.45, 7) is 0.957. The van der Waals surface area contributed by atoms with E-state index < -0.39 is 0 Å². The highest BCUT2D eigenvalue weighted by molar-refractivity contribution is 5.77. The number of ether oxygens (including phenoxy) is 2. The predicted molar refractivity (Wildman–Crippen MR) is 92.9 cm³/mol. The van der Waals surface area contributed by atoms with E-state index in [-0.39, 0.29) is 0 Å². The van der Waals surface area contributed by atoms with Crippen molar-refractivity contribution in [2.45, 2.75) is 12.8 Å². The number of benzene rings is 2. The number of para-hydroxylation sites is 2. The number of hydrogen-bond donors (Lipinski definition) is 0. The summed E-state index contributed by atoms with van der Waals surface area (Å²) in [5.74, 6) is 2.11. The van der Waals surface area contributed by atoms with Gasteiger partial charge in [-0.1, -0.05) is 36.4 Å². The molecule has 2 aromatic rings. The van der Waals surface area contributed by atoms with Crippen LogP contribution in [0.15, 0.2) is 60.7 Å². The van der Waals surface area contributed by atoms with E-state index in [1.807, 2.05) is 67.7 Å². The standard InChI is InChI=1S/2C7H8O.C5H9NO/c2*1-8-7-5-3-2-4-6-7;1-6-4-2-3-5(6)7/h2*2-6H,1H3;2-4H2,1H3. The number of carbonyl (C=O) groups excluding carboxylic acids is 1. The summed E-state index contributed by atoms with van der Waals surface area (Å²) in [4.78, 5) is 12.3. The van der Waals surface area contributed by atoms with Crippen LogP contribution < -0.4 is 9.47 Å². The van der Waals surface area contributed by atoms with Crippen molar-refractivity contribution >= 4 is 5.91 Å². The normalized spacial score (nSPS) is 12.5. The number of methoxy groups -OCH3 is 2. The van der Waals surface area contributed by atoms with Crippen molar-refractivity contribution in [3.63, 3.8) is 0 Å². The second-order valence-electron chi connectivity index (χ2n) is 4.95. The Morgan fingerprint density at radius 2 is 1.26 bits per heavy atom. The molecule has 1 aliphatic rings. The smallest absolute Gasteiger partial charge is 0.222 e. The summed E-state index contributed by atoms with van der Waals surface area (Å²) < 4.78 is 9.83. The highest BCUT2D eigenvalue weighted by Crippen LogP contribution is 2.06. The summed E-state index contributed by atoms with van der Waals surface area (Å²) in [5, 5.41) is 0. The van der Waals surface area contributed by atoms with E-state index in [0.29, 0.717) is 5.91 Å². The van der Waals surface area contributed by atoms with Crippen LogP contribution in [0.5, 0.6) is 11.5 Å². The molecule has 0 saturated carbocycles. The van der Waals surface area contributed by atoms with Crippen LogP contribution in [0.25, 0.3) is 0 Å². The van der Waals surface area contributed by atoms with Crippen molar-refractivity contribution in [3.05, 3.63) is 60.7 Å². The second kappa shape index (κ2) is 11.1. The Balaban J connectivity index is 0.000000173. The highest BCUT2D eigenvalue weighted by Gasteiger charge is 2.14. The van der Waals surface area contributed by atoms with Crippen LogP contribution in [-0.2, 0) is 4.79 Å². The van der Waals surface area contributed by atoms with Crippen LogP contribution >= 0.6 is 0 Å². The van der Waals surface area contributed by atoms with Gasteiger partial charge in [-0.25, -0.2) is 0 Å². The van der Waals surface area contributed by atoms with Crippen molar-refractivity contribution in [3.8, 4) is 11.5 Å². The zero-order chi connectivity index (χ0) is 16.9. The van der Waals surface area contributed by atoms with Crippen LogP contribution in [0, 0.1) is 0 Å². The Morgan fingerprint density at radius 1 is 0.826 bits per heavy atom. The van der Waals surface area contributed by atoms with Gasteiger partial charge in [0.1, 0.15) is 11.5 Å². The molecule has 0 N–H and O–H groups in total. The van der Waals surface area contributed by atoms with Gasteiger partial charge in [-0.2, -0.15) is 0 Å². The zero-order valence-electron chi connectivity index (χ0n) is 14.1. The molecule has 124 valence electrons. The summed E-state index contributed by atoms with van der Waals surface area (Å²) >= 11 is 0. The Morgan fingerprint density at radius 3 is 1.43 bits per heavy atom. The maximum atomic E-state index is 10.5. The van der Waals surface area contributed by atoms with Crippen molar-refractivity contribution in [2.75, 3.05) is 27.8 Å². The molecule has 4 heteroatoms. The van der Waals surface area contributed by atoms with Crippen LogP contribution in [0.3, 0.4) is 0 Å². The molecule has 0 unspecified atom stereocenters. The number of hydrogen-bond acceptors (Lipinski definition) is 3. The van der Waals surface area contributed by atoms with Gasteiger partial charge in [-0.05, 0) is 30.7 Å². The van der Waals surface area contributed by atoms with E-state index in [1.165, 1.54) is 0 Å². The van der Waals surface area contributed by atoms with E-state index in [2.05, 4.69) is 0 Å². The number of nitrogens with zero attached hydrogens (tertiary/aromatic N) is 1. The van der Waals surface area contributed by atoms with Crippen molar-refractivity contribution in [1.29, 1.82) is 0 Å². The Labute approximate surface area is 138 Å². The molecule has 0 spiro atoms. The molecule has 2 aromatic carbocycles. The van der Waals surface area contributed by atoms with Gasteiger partial charge in [0.2, 0.25) is 5.91 Å². The number of rotatable bonds is 2. The molecule has 1 fully saturated rings. The molecule has 1 aliphatic heterocycles. The van der Waals surface area contributed by atoms with E-state index in [9.17, 15) is 4.79 Å². The fourth-order valence-electron chi connectivity index (χ4n) is 1.90. The van der Waals surface area contributed by atoms with Crippen LogP contribution in [-0.4, -0.2) is 38.6 Å². The molecule has 1 saturated heterocycles. The highest BCUT2D eigenvalue weighted by atomic mass is 16.5. The van der Waals surface area contributed by atoms with Gasteiger partial charge in [-0.3, -0.25) is 4.79 Å². The molecule has 0 atom stereocenters. The van der Waals surface area contributed by atoms with Crippen LogP contribution in [0.4, 0.5) is 0 Å². The summed E-state index contributed by atoms with van der Waals surface area (Å²) in [6, 6.07) is 19.4. The molecule has 3 rings (SSSR count). The van der Waals surface area contributed by atoms with Gasteiger partial charge < -0.3 is 14.4 Å². The minimum atomic E-state index is 0.292. The molecule has 4 nitrogen and oxygen atoms in total. The van der Waals surface area contributed by atoms with Gasteiger partial charge >= 0.3 is 0 Å².